The van der Waals surface area contributed by atoms with Crippen LogP contribution in [-0.4, -0.2) is 58.4 Å². The third-order valence-electron chi connectivity index (χ3n) is 5.70. The Kier molecular flexibility index (Phi) is 4.86. The first kappa shape index (κ1) is 18.0. The molecule has 3 fully saturated rings. The first-order chi connectivity index (χ1) is 13.1. The summed E-state index contributed by atoms with van der Waals surface area (Å²) >= 11 is 0. The second-order valence-corrected chi connectivity index (χ2v) is 7.60. The minimum absolute atomic E-state index is 0.116. The highest BCUT2D eigenvalue weighted by Gasteiger charge is 2.49. The Labute approximate surface area is 158 Å². The number of methoxy groups -OCH3 is 1. The molecule has 7 nitrogen and oxygen atoms in total. The van der Waals surface area contributed by atoms with Crippen molar-refractivity contribution in [3.8, 4) is 5.75 Å². The van der Waals surface area contributed by atoms with Crippen molar-refractivity contribution >= 4 is 17.8 Å². The quantitative estimate of drug-likeness (QED) is 0.544. The van der Waals surface area contributed by atoms with Crippen molar-refractivity contribution in [2.75, 3.05) is 13.8 Å². The van der Waals surface area contributed by atoms with Gasteiger partial charge in [-0.1, -0.05) is 25.0 Å². The standard InChI is InChI=1S/C20H25N3O4/c1-27-17-10-6-14(7-11-17)12-21(15-8-9-15)13-22-18(24)19(25)23(20(22)26)16-4-2-3-5-16/h6-7,10-11,15-16H,2-5,8-9,12-13H2,1H3. The molecule has 0 N–H and O–H groups in total. The van der Waals surface area contributed by atoms with E-state index in [4.69, 9.17) is 4.74 Å². The molecule has 1 aliphatic heterocycles. The van der Waals surface area contributed by atoms with Gasteiger partial charge in [0.15, 0.2) is 0 Å². The van der Waals surface area contributed by atoms with Crippen LogP contribution < -0.4 is 4.74 Å². The molecule has 0 radical (unpaired) electrons. The molecule has 0 atom stereocenters. The fourth-order valence-corrected chi connectivity index (χ4v) is 4.01. The summed E-state index contributed by atoms with van der Waals surface area (Å²) in [6.45, 7) is 0.798. The molecule has 1 aromatic rings. The van der Waals surface area contributed by atoms with Gasteiger partial charge in [0.05, 0.1) is 13.8 Å². The number of urea groups is 1. The molecule has 27 heavy (non-hydrogen) atoms. The maximum Gasteiger partial charge on any atom is 0.335 e. The van der Waals surface area contributed by atoms with Gasteiger partial charge in [0.2, 0.25) is 0 Å². The maximum atomic E-state index is 12.8. The zero-order chi connectivity index (χ0) is 19.0. The van der Waals surface area contributed by atoms with Gasteiger partial charge in [-0.3, -0.25) is 19.4 Å². The van der Waals surface area contributed by atoms with E-state index in [1.54, 1.807) is 7.11 Å². The Balaban J connectivity index is 1.47. The Morgan fingerprint density at radius 1 is 1.00 bits per heavy atom. The Hall–Kier alpha value is -2.41. The number of nitrogens with zero attached hydrogens (tertiary/aromatic N) is 3. The second kappa shape index (κ2) is 7.31. The van der Waals surface area contributed by atoms with Crippen LogP contribution in [-0.2, 0) is 16.1 Å². The third kappa shape index (κ3) is 3.56. The maximum absolute atomic E-state index is 12.8. The van der Waals surface area contributed by atoms with Crippen molar-refractivity contribution in [2.24, 2.45) is 0 Å². The minimum Gasteiger partial charge on any atom is -0.497 e. The minimum atomic E-state index is -0.688. The molecule has 2 saturated carbocycles. The molecule has 0 spiro atoms. The number of carbonyl (C=O) groups is 3. The summed E-state index contributed by atoms with van der Waals surface area (Å²) in [7, 11) is 1.63. The second-order valence-electron chi connectivity index (χ2n) is 7.60. The predicted molar refractivity (Wildman–Crippen MR) is 97.8 cm³/mol. The van der Waals surface area contributed by atoms with Crippen molar-refractivity contribution < 1.29 is 19.1 Å². The van der Waals surface area contributed by atoms with Crippen molar-refractivity contribution in [1.29, 1.82) is 0 Å². The van der Waals surface area contributed by atoms with Gasteiger partial charge in [-0.25, -0.2) is 9.69 Å². The first-order valence-corrected chi connectivity index (χ1v) is 9.64. The summed E-state index contributed by atoms with van der Waals surface area (Å²) in [6, 6.07) is 7.56. The van der Waals surface area contributed by atoms with Crippen LogP contribution in [0.3, 0.4) is 0 Å². The van der Waals surface area contributed by atoms with Gasteiger partial charge in [-0.05, 0) is 43.4 Å². The molecule has 7 heteroatoms. The van der Waals surface area contributed by atoms with Crippen LogP contribution in [0.4, 0.5) is 4.79 Å². The lowest BCUT2D eigenvalue weighted by atomic mass is 10.2. The molecule has 0 bridgehead atoms. The van der Waals surface area contributed by atoms with Crippen LogP contribution in [0.2, 0.25) is 0 Å². The van der Waals surface area contributed by atoms with E-state index >= 15 is 0 Å². The number of carbonyl (C=O) groups excluding carboxylic acids is 3. The average molecular weight is 371 g/mol. The highest BCUT2D eigenvalue weighted by molar-refractivity contribution is 6.44. The summed E-state index contributed by atoms with van der Waals surface area (Å²) in [5, 5.41) is 0. The third-order valence-corrected chi connectivity index (χ3v) is 5.70. The van der Waals surface area contributed by atoms with Gasteiger partial charge < -0.3 is 4.74 Å². The van der Waals surface area contributed by atoms with Crippen LogP contribution in [0.25, 0.3) is 0 Å². The predicted octanol–water partition coefficient (Wildman–Crippen LogP) is 2.35. The number of amides is 4. The van der Waals surface area contributed by atoms with Crippen LogP contribution in [0.5, 0.6) is 5.75 Å². The number of rotatable bonds is 7. The number of ether oxygens (including phenoxy) is 1. The normalized spacial score (nSPS) is 21.0. The summed E-state index contributed by atoms with van der Waals surface area (Å²) < 4.78 is 5.19. The zero-order valence-corrected chi connectivity index (χ0v) is 15.6. The van der Waals surface area contributed by atoms with Crippen molar-refractivity contribution in [2.45, 2.75) is 57.2 Å². The SMILES string of the molecule is COc1ccc(CN(CN2C(=O)C(=O)N(C3CCCC3)C2=O)C2CC2)cc1. The van der Waals surface area contributed by atoms with Crippen LogP contribution in [0, 0.1) is 0 Å². The molecule has 1 saturated heterocycles. The molecule has 0 unspecified atom stereocenters. The summed E-state index contributed by atoms with van der Waals surface area (Å²) in [5.41, 5.74) is 1.08. The van der Waals surface area contributed by atoms with Gasteiger partial charge in [-0.15, -0.1) is 0 Å². The van der Waals surface area contributed by atoms with E-state index < -0.39 is 17.8 Å². The monoisotopic (exact) mass is 371 g/mol. The highest BCUT2D eigenvalue weighted by atomic mass is 16.5. The Morgan fingerprint density at radius 3 is 2.26 bits per heavy atom. The molecule has 1 heterocycles. The van der Waals surface area contributed by atoms with Crippen LogP contribution in [0.1, 0.15) is 44.1 Å². The smallest absolute Gasteiger partial charge is 0.335 e. The van der Waals surface area contributed by atoms with Gasteiger partial charge >= 0.3 is 17.8 Å². The number of imide groups is 2. The fourth-order valence-electron chi connectivity index (χ4n) is 4.01. The Morgan fingerprint density at radius 2 is 1.67 bits per heavy atom. The van der Waals surface area contributed by atoms with E-state index in [1.165, 1.54) is 4.90 Å². The number of benzene rings is 1. The molecular weight excluding hydrogens is 346 g/mol. The molecule has 4 rings (SSSR count). The first-order valence-electron chi connectivity index (χ1n) is 9.64. The van der Waals surface area contributed by atoms with Crippen molar-refractivity contribution in [3.05, 3.63) is 29.8 Å². The molecule has 1 aromatic carbocycles. The fraction of sp³-hybridized carbons (Fsp3) is 0.550. The topological polar surface area (TPSA) is 70.2 Å². The van der Waals surface area contributed by atoms with E-state index in [2.05, 4.69) is 4.90 Å². The number of hydrogen-bond acceptors (Lipinski definition) is 5. The van der Waals surface area contributed by atoms with E-state index in [1.807, 2.05) is 24.3 Å². The Bertz CT molecular complexity index is 738. The molecule has 3 aliphatic rings. The summed E-state index contributed by atoms with van der Waals surface area (Å²) in [5.74, 6) is -0.557. The largest absolute Gasteiger partial charge is 0.497 e. The average Bonchev–Trinajstić information content (AvgIpc) is 3.35. The zero-order valence-electron chi connectivity index (χ0n) is 15.6. The highest BCUT2D eigenvalue weighted by Crippen LogP contribution is 2.31. The van der Waals surface area contributed by atoms with E-state index in [0.717, 1.165) is 54.7 Å². The molecule has 4 amide bonds. The van der Waals surface area contributed by atoms with Crippen LogP contribution >= 0.6 is 0 Å². The molecule has 2 aliphatic carbocycles. The summed E-state index contributed by atoms with van der Waals surface area (Å²) in [6.07, 6.45) is 5.70. The van der Waals surface area contributed by atoms with Crippen molar-refractivity contribution in [3.63, 3.8) is 0 Å². The van der Waals surface area contributed by atoms with Gasteiger partial charge in [0.1, 0.15) is 5.75 Å². The lowest BCUT2D eigenvalue weighted by molar-refractivity contribution is -0.144. The summed E-state index contributed by atoms with van der Waals surface area (Å²) in [4.78, 5) is 42.1. The van der Waals surface area contributed by atoms with E-state index in [0.29, 0.717) is 12.6 Å². The van der Waals surface area contributed by atoms with E-state index in [-0.39, 0.29) is 12.7 Å². The van der Waals surface area contributed by atoms with E-state index in [9.17, 15) is 14.4 Å². The molecule has 0 aromatic heterocycles. The van der Waals surface area contributed by atoms with Gasteiger partial charge in [0, 0.05) is 18.6 Å². The lowest BCUT2D eigenvalue weighted by Crippen LogP contribution is -2.44. The lowest BCUT2D eigenvalue weighted by Gasteiger charge is -2.27. The van der Waals surface area contributed by atoms with Gasteiger partial charge in [-0.2, -0.15) is 0 Å². The van der Waals surface area contributed by atoms with Gasteiger partial charge in [0.25, 0.3) is 0 Å². The number of hydrogen-bond donors (Lipinski definition) is 0. The van der Waals surface area contributed by atoms with Crippen molar-refractivity contribution in [1.82, 2.24) is 14.7 Å². The van der Waals surface area contributed by atoms with Crippen LogP contribution in [0.15, 0.2) is 24.3 Å². The molecular formula is C20H25N3O4. The molecule has 144 valence electrons.